The maximum absolute atomic E-state index is 13.7. The second-order valence-corrected chi connectivity index (χ2v) is 4.56. The van der Waals surface area contributed by atoms with E-state index in [1.165, 1.54) is 13.2 Å². The average Bonchev–Trinajstić information content (AvgIpc) is 2.34. The number of rotatable bonds is 7. The van der Waals surface area contributed by atoms with Crippen LogP contribution >= 0.6 is 0 Å². The predicted molar refractivity (Wildman–Crippen MR) is 73.4 cm³/mol. The summed E-state index contributed by atoms with van der Waals surface area (Å²) in [5, 5.41) is 3.41. The first-order valence-electron chi connectivity index (χ1n) is 6.29. The Labute approximate surface area is 109 Å². The molecule has 0 fully saturated rings. The number of hydrogen-bond donors (Lipinski definition) is 1. The Morgan fingerprint density at radius 2 is 2.22 bits per heavy atom. The summed E-state index contributed by atoms with van der Waals surface area (Å²) < 4.78 is 18.6. The molecule has 0 radical (unpaired) electrons. The van der Waals surface area contributed by atoms with Crippen molar-refractivity contribution in [2.24, 2.45) is 0 Å². The normalized spacial score (nSPS) is 12.2. The Morgan fingerprint density at radius 1 is 1.50 bits per heavy atom. The van der Waals surface area contributed by atoms with Crippen molar-refractivity contribution in [2.75, 3.05) is 13.7 Å². The van der Waals surface area contributed by atoms with E-state index in [4.69, 9.17) is 4.74 Å². The van der Waals surface area contributed by atoms with Crippen LogP contribution in [0.15, 0.2) is 30.4 Å². The molecule has 0 aliphatic heterocycles. The molecule has 1 atom stereocenters. The van der Waals surface area contributed by atoms with E-state index in [9.17, 15) is 4.39 Å². The Kier molecular flexibility index (Phi) is 5.86. The first-order chi connectivity index (χ1) is 8.58. The molecule has 3 heteroatoms. The van der Waals surface area contributed by atoms with Gasteiger partial charge in [-0.3, -0.25) is 0 Å². The van der Waals surface area contributed by atoms with Gasteiger partial charge in [0.1, 0.15) is 0 Å². The standard InChI is InChI=1S/C15H22FNO/c1-5-8-17-14(9-11(2)3)12-6-7-15(18-4)13(16)10-12/h6-7,10,14,17H,2,5,8-9H2,1,3-4H3. The topological polar surface area (TPSA) is 21.3 Å². The molecule has 1 unspecified atom stereocenters. The summed E-state index contributed by atoms with van der Waals surface area (Å²) in [5.41, 5.74) is 2.02. The Balaban J connectivity index is 2.89. The fraction of sp³-hybridized carbons (Fsp3) is 0.467. The van der Waals surface area contributed by atoms with Gasteiger partial charge in [0.15, 0.2) is 11.6 Å². The van der Waals surface area contributed by atoms with Gasteiger partial charge < -0.3 is 10.1 Å². The van der Waals surface area contributed by atoms with E-state index in [0.29, 0.717) is 0 Å². The molecule has 0 aliphatic rings. The van der Waals surface area contributed by atoms with E-state index < -0.39 is 0 Å². The molecule has 0 aliphatic carbocycles. The lowest BCUT2D eigenvalue weighted by molar-refractivity contribution is 0.385. The minimum absolute atomic E-state index is 0.114. The highest BCUT2D eigenvalue weighted by Crippen LogP contribution is 2.25. The molecule has 1 rings (SSSR count). The molecule has 1 aromatic rings. The molecule has 100 valence electrons. The smallest absolute Gasteiger partial charge is 0.165 e. The highest BCUT2D eigenvalue weighted by atomic mass is 19.1. The lowest BCUT2D eigenvalue weighted by atomic mass is 10.00. The largest absolute Gasteiger partial charge is 0.494 e. The number of nitrogens with one attached hydrogen (secondary N) is 1. The Hall–Kier alpha value is -1.35. The van der Waals surface area contributed by atoms with Gasteiger partial charge >= 0.3 is 0 Å². The van der Waals surface area contributed by atoms with Gasteiger partial charge in [-0.05, 0) is 44.0 Å². The lowest BCUT2D eigenvalue weighted by Crippen LogP contribution is -2.22. The molecule has 2 nitrogen and oxygen atoms in total. The van der Waals surface area contributed by atoms with Gasteiger partial charge in [0.2, 0.25) is 0 Å². The third-order valence-electron chi connectivity index (χ3n) is 2.77. The number of halogens is 1. The molecule has 18 heavy (non-hydrogen) atoms. The maximum Gasteiger partial charge on any atom is 0.165 e. The zero-order chi connectivity index (χ0) is 13.5. The molecule has 0 spiro atoms. The molecule has 0 aromatic heterocycles. The van der Waals surface area contributed by atoms with Crippen molar-refractivity contribution in [1.82, 2.24) is 5.32 Å². The van der Waals surface area contributed by atoms with Crippen LogP contribution in [0.1, 0.15) is 38.3 Å². The summed E-state index contributed by atoms with van der Waals surface area (Å²) in [6.45, 7) is 8.93. The minimum Gasteiger partial charge on any atom is -0.494 e. The van der Waals surface area contributed by atoms with Gasteiger partial charge in [-0.2, -0.15) is 0 Å². The number of ether oxygens (including phenoxy) is 1. The summed E-state index contributed by atoms with van der Waals surface area (Å²) in [6, 6.07) is 5.22. The van der Waals surface area contributed by atoms with Crippen LogP contribution in [0.5, 0.6) is 5.75 Å². The van der Waals surface area contributed by atoms with Crippen molar-refractivity contribution >= 4 is 0 Å². The SMILES string of the molecule is C=C(C)CC(NCCC)c1ccc(OC)c(F)c1. The molecule has 0 bridgehead atoms. The van der Waals surface area contributed by atoms with E-state index in [1.807, 2.05) is 13.0 Å². The monoisotopic (exact) mass is 251 g/mol. The number of methoxy groups -OCH3 is 1. The molecular weight excluding hydrogens is 229 g/mol. The summed E-state index contributed by atoms with van der Waals surface area (Å²) in [5.74, 6) is -0.0386. The van der Waals surface area contributed by atoms with Gasteiger partial charge in [0, 0.05) is 6.04 Å². The Morgan fingerprint density at radius 3 is 2.72 bits per heavy atom. The number of benzene rings is 1. The zero-order valence-corrected chi connectivity index (χ0v) is 11.4. The van der Waals surface area contributed by atoms with Crippen molar-refractivity contribution in [1.29, 1.82) is 0 Å². The summed E-state index contributed by atoms with van der Waals surface area (Å²) in [4.78, 5) is 0. The van der Waals surface area contributed by atoms with Crippen molar-refractivity contribution in [3.63, 3.8) is 0 Å². The first-order valence-corrected chi connectivity index (χ1v) is 6.29. The van der Waals surface area contributed by atoms with Crippen LogP contribution in [0.3, 0.4) is 0 Å². The van der Waals surface area contributed by atoms with E-state index in [2.05, 4.69) is 18.8 Å². The van der Waals surface area contributed by atoms with Crippen molar-refractivity contribution in [3.05, 3.63) is 41.7 Å². The summed E-state index contributed by atoms with van der Waals surface area (Å²) in [6.07, 6.45) is 1.86. The van der Waals surface area contributed by atoms with E-state index >= 15 is 0 Å². The van der Waals surface area contributed by atoms with Crippen LogP contribution in [-0.4, -0.2) is 13.7 Å². The molecular formula is C15H22FNO. The van der Waals surface area contributed by atoms with Gasteiger partial charge in [-0.1, -0.05) is 18.6 Å². The van der Waals surface area contributed by atoms with Crippen LogP contribution in [-0.2, 0) is 0 Å². The van der Waals surface area contributed by atoms with Gasteiger partial charge in [0.05, 0.1) is 7.11 Å². The highest BCUT2D eigenvalue weighted by Gasteiger charge is 2.13. The fourth-order valence-corrected chi connectivity index (χ4v) is 1.87. The van der Waals surface area contributed by atoms with Crippen molar-refractivity contribution < 1.29 is 9.13 Å². The van der Waals surface area contributed by atoms with Crippen molar-refractivity contribution in [2.45, 2.75) is 32.7 Å². The predicted octanol–water partition coefficient (Wildman–Crippen LogP) is 3.84. The van der Waals surface area contributed by atoms with Gasteiger partial charge in [-0.25, -0.2) is 4.39 Å². The van der Waals surface area contributed by atoms with Gasteiger partial charge in [0.25, 0.3) is 0 Å². The van der Waals surface area contributed by atoms with Crippen LogP contribution < -0.4 is 10.1 Å². The Bertz CT molecular complexity index is 403. The maximum atomic E-state index is 13.7. The first kappa shape index (κ1) is 14.7. The zero-order valence-electron chi connectivity index (χ0n) is 11.4. The summed E-state index contributed by atoms with van der Waals surface area (Å²) in [7, 11) is 1.47. The average molecular weight is 251 g/mol. The molecule has 0 amide bonds. The van der Waals surface area contributed by atoms with Crippen molar-refractivity contribution in [3.8, 4) is 5.75 Å². The second-order valence-electron chi connectivity index (χ2n) is 4.56. The third kappa shape index (κ3) is 4.15. The van der Waals surface area contributed by atoms with Crippen LogP contribution in [0.4, 0.5) is 4.39 Å². The van der Waals surface area contributed by atoms with E-state index in [-0.39, 0.29) is 17.6 Å². The number of hydrogen-bond acceptors (Lipinski definition) is 2. The summed E-state index contributed by atoms with van der Waals surface area (Å²) >= 11 is 0. The second kappa shape index (κ2) is 7.17. The van der Waals surface area contributed by atoms with Crippen LogP contribution in [0, 0.1) is 5.82 Å². The molecule has 0 heterocycles. The van der Waals surface area contributed by atoms with E-state index in [1.54, 1.807) is 6.07 Å². The molecule has 1 aromatic carbocycles. The van der Waals surface area contributed by atoms with Gasteiger partial charge in [-0.15, -0.1) is 6.58 Å². The molecule has 0 saturated heterocycles. The van der Waals surface area contributed by atoms with Crippen LogP contribution in [0.2, 0.25) is 0 Å². The molecule has 1 N–H and O–H groups in total. The highest BCUT2D eigenvalue weighted by molar-refractivity contribution is 5.31. The fourth-order valence-electron chi connectivity index (χ4n) is 1.87. The molecule has 0 saturated carbocycles. The lowest BCUT2D eigenvalue weighted by Gasteiger charge is -2.19. The minimum atomic E-state index is -0.319. The van der Waals surface area contributed by atoms with E-state index in [0.717, 1.165) is 30.5 Å². The quantitative estimate of drug-likeness (QED) is 0.743. The third-order valence-corrected chi connectivity index (χ3v) is 2.77. The van der Waals surface area contributed by atoms with Crippen LogP contribution in [0.25, 0.3) is 0 Å².